The fourth-order valence-corrected chi connectivity index (χ4v) is 3.97. The molecule has 0 fully saturated rings. The van der Waals surface area contributed by atoms with Crippen LogP contribution in [0.1, 0.15) is 18.9 Å². The summed E-state index contributed by atoms with van der Waals surface area (Å²) in [6.45, 7) is 1.92. The normalized spacial score (nSPS) is 12.3. The third-order valence-corrected chi connectivity index (χ3v) is 5.39. The van der Waals surface area contributed by atoms with Crippen molar-refractivity contribution in [2.45, 2.75) is 13.0 Å². The van der Waals surface area contributed by atoms with E-state index in [4.69, 9.17) is 16.3 Å². The molecule has 0 saturated heterocycles. The monoisotopic (exact) mass is 422 g/mol. The van der Waals surface area contributed by atoms with E-state index in [9.17, 15) is 0 Å². The number of hydrogen-bond donors (Lipinski definition) is 1. The molecule has 0 aliphatic heterocycles. The van der Waals surface area contributed by atoms with E-state index >= 15 is 0 Å². The van der Waals surface area contributed by atoms with Gasteiger partial charge in [-0.3, -0.25) is 4.98 Å². The summed E-state index contributed by atoms with van der Waals surface area (Å²) in [5.41, 5.74) is 1.78. The first-order valence-electron chi connectivity index (χ1n) is 8.92. The van der Waals surface area contributed by atoms with Gasteiger partial charge in [-0.1, -0.05) is 35.1 Å². The van der Waals surface area contributed by atoms with Crippen molar-refractivity contribution >= 4 is 49.6 Å². The highest BCUT2D eigenvalue weighted by atomic mass is 35.5. The van der Waals surface area contributed by atoms with Gasteiger partial charge in [-0.2, -0.15) is 4.52 Å². The van der Waals surface area contributed by atoms with Gasteiger partial charge in [-0.25, -0.2) is 0 Å². The minimum Gasteiger partial charge on any atom is -0.483 e. The van der Waals surface area contributed by atoms with Crippen LogP contribution in [0.3, 0.4) is 0 Å². The summed E-state index contributed by atoms with van der Waals surface area (Å²) in [4.78, 5) is 5.01. The summed E-state index contributed by atoms with van der Waals surface area (Å²) in [5, 5.41) is 18.7. The van der Waals surface area contributed by atoms with Crippen molar-refractivity contribution in [3.8, 4) is 5.75 Å². The molecule has 5 rings (SSSR count). The Morgan fingerprint density at radius 1 is 1.10 bits per heavy atom. The first-order valence-corrected chi connectivity index (χ1v) is 10.1. The summed E-state index contributed by atoms with van der Waals surface area (Å²) < 4.78 is 7.79. The summed E-state index contributed by atoms with van der Waals surface area (Å²) in [5.74, 6) is 1.36. The number of hydrogen-bond acceptors (Lipinski definition) is 7. The molecule has 0 radical (unpaired) electrons. The summed E-state index contributed by atoms with van der Waals surface area (Å²) in [6.07, 6.45) is 1.44. The van der Waals surface area contributed by atoms with Gasteiger partial charge in [0.2, 0.25) is 10.1 Å². The molecule has 0 saturated carbocycles. The maximum atomic E-state index is 6.09. The second-order valence-corrected chi connectivity index (χ2v) is 7.81. The minimum atomic E-state index is -0.333. The zero-order valence-corrected chi connectivity index (χ0v) is 16.9. The number of nitrogens with zero attached hydrogens (tertiary/aromatic N) is 5. The molecule has 0 amide bonds. The molecule has 3 aromatic heterocycles. The highest BCUT2D eigenvalue weighted by Gasteiger charge is 2.19. The van der Waals surface area contributed by atoms with Crippen LogP contribution >= 0.6 is 22.9 Å². The number of pyridine rings is 1. The lowest BCUT2D eigenvalue weighted by atomic mass is 10.2. The zero-order chi connectivity index (χ0) is 19.8. The first kappa shape index (κ1) is 17.8. The Morgan fingerprint density at radius 2 is 2.03 bits per heavy atom. The molecule has 1 unspecified atom stereocenters. The van der Waals surface area contributed by atoms with Gasteiger partial charge in [0.05, 0.1) is 5.52 Å². The van der Waals surface area contributed by atoms with Crippen molar-refractivity contribution in [3.05, 3.63) is 71.6 Å². The molecular weight excluding hydrogens is 408 g/mol. The quantitative estimate of drug-likeness (QED) is 0.415. The van der Waals surface area contributed by atoms with Gasteiger partial charge in [0.15, 0.2) is 11.9 Å². The maximum absolute atomic E-state index is 6.09. The van der Waals surface area contributed by atoms with E-state index in [-0.39, 0.29) is 6.10 Å². The number of halogens is 1. The van der Waals surface area contributed by atoms with Crippen LogP contribution in [0.5, 0.6) is 5.75 Å². The van der Waals surface area contributed by atoms with Crippen LogP contribution < -0.4 is 10.1 Å². The van der Waals surface area contributed by atoms with Crippen molar-refractivity contribution < 1.29 is 4.74 Å². The molecule has 3 heterocycles. The Kier molecular flexibility index (Phi) is 4.49. The highest BCUT2D eigenvalue weighted by Crippen LogP contribution is 2.28. The fraction of sp³-hybridized carbons (Fsp3) is 0.100. The third kappa shape index (κ3) is 3.59. The van der Waals surface area contributed by atoms with Crippen LogP contribution in [0.15, 0.2) is 60.8 Å². The van der Waals surface area contributed by atoms with Crippen molar-refractivity contribution in [2.75, 3.05) is 5.32 Å². The minimum absolute atomic E-state index is 0.333. The zero-order valence-electron chi connectivity index (χ0n) is 15.3. The van der Waals surface area contributed by atoms with Crippen molar-refractivity contribution in [2.24, 2.45) is 0 Å². The van der Waals surface area contributed by atoms with Crippen LogP contribution in [0.25, 0.3) is 15.9 Å². The molecule has 0 spiro atoms. The van der Waals surface area contributed by atoms with E-state index in [2.05, 4.69) is 25.6 Å². The van der Waals surface area contributed by atoms with Crippen LogP contribution in [0, 0.1) is 0 Å². The number of benzene rings is 2. The van der Waals surface area contributed by atoms with Crippen LogP contribution in [0.2, 0.25) is 5.02 Å². The van der Waals surface area contributed by atoms with Gasteiger partial charge in [-0.15, -0.1) is 15.3 Å². The van der Waals surface area contributed by atoms with Gasteiger partial charge in [-0.05, 0) is 49.4 Å². The van der Waals surface area contributed by atoms with Crippen molar-refractivity contribution in [1.29, 1.82) is 0 Å². The molecule has 144 valence electrons. The second kappa shape index (κ2) is 7.31. The number of rotatable bonds is 5. The lowest BCUT2D eigenvalue weighted by molar-refractivity contribution is 0.214. The van der Waals surface area contributed by atoms with Gasteiger partial charge in [0.25, 0.3) is 0 Å². The molecule has 9 heteroatoms. The number of aromatic nitrogens is 5. The number of anilines is 2. The summed E-state index contributed by atoms with van der Waals surface area (Å²) in [7, 11) is 0. The second-order valence-electron chi connectivity index (χ2n) is 6.41. The van der Waals surface area contributed by atoms with E-state index in [1.807, 2.05) is 61.5 Å². The molecule has 0 aliphatic carbocycles. The predicted molar refractivity (Wildman–Crippen MR) is 114 cm³/mol. The Morgan fingerprint density at radius 3 is 2.93 bits per heavy atom. The van der Waals surface area contributed by atoms with E-state index in [1.165, 1.54) is 11.3 Å². The Hall–Kier alpha value is -3.23. The van der Waals surface area contributed by atoms with Crippen LogP contribution in [-0.4, -0.2) is 24.8 Å². The predicted octanol–water partition coefficient (Wildman–Crippen LogP) is 5.27. The smallest absolute Gasteiger partial charge is 0.236 e. The molecule has 0 aliphatic rings. The molecule has 29 heavy (non-hydrogen) atoms. The van der Waals surface area contributed by atoms with Gasteiger partial charge >= 0.3 is 0 Å². The molecule has 1 atom stereocenters. The average Bonchev–Trinajstić information content (AvgIpc) is 3.28. The van der Waals surface area contributed by atoms with E-state index in [1.54, 1.807) is 10.7 Å². The lowest BCUT2D eigenvalue weighted by Gasteiger charge is -2.12. The molecule has 2 aromatic carbocycles. The van der Waals surface area contributed by atoms with E-state index in [0.29, 0.717) is 20.9 Å². The van der Waals surface area contributed by atoms with Crippen molar-refractivity contribution in [1.82, 2.24) is 24.8 Å². The Labute approximate surface area is 174 Å². The SMILES string of the molecule is CC(Oc1ccc2ncccc2c1)c1nnc2sc(Nc3cccc(Cl)c3)nn12. The largest absolute Gasteiger partial charge is 0.483 e. The summed E-state index contributed by atoms with van der Waals surface area (Å²) in [6, 6.07) is 17.2. The summed E-state index contributed by atoms with van der Waals surface area (Å²) >= 11 is 7.45. The number of fused-ring (bicyclic) bond motifs is 2. The van der Waals surface area contributed by atoms with E-state index < -0.39 is 0 Å². The van der Waals surface area contributed by atoms with Crippen molar-refractivity contribution in [3.63, 3.8) is 0 Å². The number of nitrogens with one attached hydrogen (secondary N) is 1. The first-order chi connectivity index (χ1) is 14.2. The molecule has 1 N–H and O–H groups in total. The van der Waals surface area contributed by atoms with Gasteiger partial charge < -0.3 is 10.1 Å². The molecule has 0 bridgehead atoms. The molecule has 7 nitrogen and oxygen atoms in total. The van der Waals surface area contributed by atoms with Crippen LogP contribution in [0.4, 0.5) is 10.8 Å². The number of ether oxygens (including phenoxy) is 1. The third-order valence-electron chi connectivity index (χ3n) is 4.34. The van der Waals surface area contributed by atoms with Gasteiger partial charge in [0.1, 0.15) is 5.75 Å². The van der Waals surface area contributed by atoms with E-state index in [0.717, 1.165) is 22.3 Å². The van der Waals surface area contributed by atoms with Gasteiger partial charge in [0, 0.05) is 22.3 Å². The maximum Gasteiger partial charge on any atom is 0.236 e. The molecular formula is C20H15ClN6OS. The standard InChI is InChI=1S/C20H15ClN6OS/c1-12(28-16-7-8-17-13(10-16)4-3-9-22-17)18-24-25-20-27(18)26-19(29-20)23-15-6-2-5-14(21)11-15/h2-12H,1H3,(H,23,26). The Bertz CT molecular complexity index is 1320. The molecule has 5 aromatic rings. The van der Waals surface area contributed by atoms with Crippen LogP contribution in [-0.2, 0) is 0 Å². The highest BCUT2D eigenvalue weighted by molar-refractivity contribution is 7.20. The topological polar surface area (TPSA) is 77.2 Å². The average molecular weight is 423 g/mol. The Balaban J connectivity index is 1.39. The lowest BCUT2D eigenvalue weighted by Crippen LogP contribution is -2.08. The fourth-order valence-electron chi connectivity index (χ4n) is 3.01.